The lowest BCUT2D eigenvalue weighted by molar-refractivity contribution is 0.479. The van der Waals surface area contributed by atoms with Crippen LogP contribution in [0.5, 0.6) is 0 Å². The number of sulfonamides is 1. The summed E-state index contributed by atoms with van der Waals surface area (Å²) in [6.45, 7) is 2.02. The maximum atomic E-state index is 12.2. The summed E-state index contributed by atoms with van der Waals surface area (Å²) in [5.74, 6) is 0.750. The van der Waals surface area contributed by atoms with Crippen LogP contribution in [0.3, 0.4) is 0 Å². The van der Waals surface area contributed by atoms with Crippen molar-refractivity contribution in [3.63, 3.8) is 0 Å². The summed E-state index contributed by atoms with van der Waals surface area (Å²) in [7, 11) is -3.52. The summed E-state index contributed by atoms with van der Waals surface area (Å²) in [6.07, 6.45) is 2.08. The van der Waals surface area contributed by atoms with Crippen molar-refractivity contribution in [2.45, 2.75) is 30.8 Å². The van der Waals surface area contributed by atoms with Crippen LogP contribution in [0.15, 0.2) is 39.2 Å². The second-order valence-electron chi connectivity index (χ2n) is 4.22. The van der Waals surface area contributed by atoms with E-state index in [-0.39, 0.29) is 17.5 Å². The predicted molar refractivity (Wildman–Crippen MR) is 74.4 cm³/mol. The van der Waals surface area contributed by atoms with Gasteiger partial charge in [-0.1, -0.05) is 0 Å². The van der Waals surface area contributed by atoms with Gasteiger partial charge in [0.2, 0.25) is 10.0 Å². The lowest BCUT2D eigenvalue weighted by Gasteiger charge is -2.13. The largest absolute Gasteiger partial charge is 0.469 e. The van der Waals surface area contributed by atoms with Crippen LogP contribution in [-0.2, 0) is 23.0 Å². The summed E-state index contributed by atoms with van der Waals surface area (Å²) >= 11 is 1.35. The zero-order chi connectivity index (χ0) is 13.9. The van der Waals surface area contributed by atoms with Gasteiger partial charge in [-0.25, -0.2) is 13.1 Å². The molecule has 3 N–H and O–H groups in total. The van der Waals surface area contributed by atoms with Gasteiger partial charge in [0.1, 0.15) is 5.76 Å². The van der Waals surface area contributed by atoms with Gasteiger partial charge in [0.05, 0.1) is 11.2 Å². The Hall–Kier alpha value is -1.15. The van der Waals surface area contributed by atoms with Gasteiger partial charge in [-0.3, -0.25) is 0 Å². The summed E-state index contributed by atoms with van der Waals surface area (Å²) < 4.78 is 32.3. The average molecular weight is 300 g/mol. The molecule has 0 aliphatic rings. The molecule has 0 aromatic carbocycles. The van der Waals surface area contributed by atoms with E-state index in [4.69, 9.17) is 10.2 Å². The molecule has 2 rings (SSSR count). The fourth-order valence-electron chi connectivity index (χ4n) is 1.82. The molecule has 0 aliphatic carbocycles. The van der Waals surface area contributed by atoms with Crippen molar-refractivity contribution in [3.05, 3.63) is 40.5 Å². The van der Waals surface area contributed by atoms with Crippen molar-refractivity contribution in [2.75, 3.05) is 0 Å². The van der Waals surface area contributed by atoms with Crippen molar-refractivity contribution < 1.29 is 12.8 Å². The number of thiophene rings is 1. The van der Waals surface area contributed by atoms with Crippen LogP contribution in [0.4, 0.5) is 0 Å². The van der Waals surface area contributed by atoms with Gasteiger partial charge in [-0.2, -0.15) is 0 Å². The van der Waals surface area contributed by atoms with Gasteiger partial charge < -0.3 is 10.2 Å². The maximum absolute atomic E-state index is 12.2. The Morgan fingerprint density at radius 1 is 1.47 bits per heavy atom. The van der Waals surface area contributed by atoms with Crippen molar-refractivity contribution in [1.29, 1.82) is 0 Å². The molecule has 0 radical (unpaired) electrons. The third-order valence-electron chi connectivity index (χ3n) is 2.62. The summed E-state index contributed by atoms with van der Waals surface area (Å²) in [4.78, 5) is 0.934. The van der Waals surface area contributed by atoms with Gasteiger partial charge in [0.15, 0.2) is 0 Å². The summed E-state index contributed by atoms with van der Waals surface area (Å²) in [5.41, 5.74) is 5.54. The van der Waals surface area contributed by atoms with Crippen LogP contribution in [0.1, 0.15) is 17.6 Å². The molecule has 0 saturated carbocycles. The molecular formula is C12H16N2O3S2. The summed E-state index contributed by atoms with van der Waals surface area (Å²) in [6, 6.07) is 4.93. The minimum absolute atomic E-state index is 0.223. The molecule has 0 bridgehead atoms. The van der Waals surface area contributed by atoms with Gasteiger partial charge in [0, 0.05) is 23.9 Å². The molecule has 2 aromatic rings. The Morgan fingerprint density at radius 3 is 2.89 bits per heavy atom. The summed E-state index contributed by atoms with van der Waals surface area (Å²) in [5, 5.41) is 1.73. The number of nitrogens with two attached hydrogens (primary N) is 1. The topological polar surface area (TPSA) is 85.3 Å². The number of rotatable bonds is 6. The molecule has 0 saturated heterocycles. The molecule has 7 heteroatoms. The predicted octanol–water partition coefficient (Wildman–Crippen LogP) is 1.71. The van der Waals surface area contributed by atoms with Crippen LogP contribution in [0.25, 0.3) is 0 Å². The zero-order valence-corrected chi connectivity index (χ0v) is 12.1. The normalized spacial score (nSPS) is 13.6. The number of hydrogen-bond acceptors (Lipinski definition) is 5. The van der Waals surface area contributed by atoms with E-state index >= 15 is 0 Å². The third kappa shape index (κ3) is 3.44. The highest BCUT2D eigenvalue weighted by molar-refractivity contribution is 7.89. The van der Waals surface area contributed by atoms with Gasteiger partial charge >= 0.3 is 0 Å². The molecule has 1 atom stereocenters. The average Bonchev–Trinajstić information content (AvgIpc) is 2.97. The molecule has 0 spiro atoms. The van der Waals surface area contributed by atoms with E-state index in [1.165, 1.54) is 11.3 Å². The second-order valence-corrected chi connectivity index (χ2v) is 6.90. The van der Waals surface area contributed by atoms with Crippen LogP contribution in [0, 0.1) is 0 Å². The number of furan rings is 1. The van der Waals surface area contributed by atoms with Crippen molar-refractivity contribution >= 4 is 21.4 Å². The fraction of sp³-hybridized carbons (Fsp3) is 0.333. The standard InChI is InChI=1S/C12H16N2O3S2/c1-9(7-10-3-2-5-17-10)14-19(15,16)12-4-6-18-11(12)8-13/h2-6,9,14H,7-8,13H2,1H3. The van der Waals surface area contributed by atoms with Crippen LogP contribution in [-0.4, -0.2) is 14.5 Å². The van der Waals surface area contributed by atoms with Gasteiger partial charge in [0.25, 0.3) is 0 Å². The van der Waals surface area contributed by atoms with Crippen molar-refractivity contribution in [3.8, 4) is 0 Å². The zero-order valence-electron chi connectivity index (χ0n) is 10.5. The Kier molecular flexibility index (Phi) is 4.41. The molecule has 104 valence electrons. The Balaban J connectivity index is 2.09. The van der Waals surface area contributed by atoms with E-state index in [0.717, 1.165) is 5.76 Å². The smallest absolute Gasteiger partial charge is 0.241 e. The first-order valence-corrected chi connectivity index (χ1v) is 8.20. The Morgan fingerprint density at radius 2 is 2.26 bits per heavy atom. The lowest BCUT2D eigenvalue weighted by Crippen LogP contribution is -2.34. The second kappa shape index (κ2) is 5.87. The van der Waals surface area contributed by atoms with Gasteiger partial charge in [-0.05, 0) is 30.5 Å². The van der Waals surface area contributed by atoms with Gasteiger partial charge in [-0.15, -0.1) is 11.3 Å². The van der Waals surface area contributed by atoms with Crippen molar-refractivity contribution in [1.82, 2.24) is 4.72 Å². The molecular weight excluding hydrogens is 284 g/mol. The van der Waals surface area contributed by atoms with E-state index in [1.54, 1.807) is 30.7 Å². The fourth-order valence-corrected chi connectivity index (χ4v) is 4.40. The molecule has 0 fully saturated rings. The first-order chi connectivity index (χ1) is 9.03. The van der Waals surface area contributed by atoms with E-state index in [0.29, 0.717) is 11.3 Å². The molecule has 5 nitrogen and oxygen atoms in total. The monoisotopic (exact) mass is 300 g/mol. The minimum Gasteiger partial charge on any atom is -0.469 e. The molecule has 1 unspecified atom stereocenters. The van der Waals surface area contributed by atoms with E-state index in [2.05, 4.69) is 4.72 Å². The van der Waals surface area contributed by atoms with E-state index in [9.17, 15) is 8.42 Å². The molecule has 0 aliphatic heterocycles. The molecule has 2 heterocycles. The SMILES string of the molecule is CC(Cc1ccco1)NS(=O)(=O)c1ccsc1CN. The van der Waals surface area contributed by atoms with Crippen molar-refractivity contribution in [2.24, 2.45) is 5.73 Å². The minimum atomic E-state index is -3.52. The maximum Gasteiger partial charge on any atom is 0.241 e. The van der Waals surface area contributed by atoms with Crippen LogP contribution < -0.4 is 10.5 Å². The highest BCUT2D eigenvalue weighted by Crippen LogP contribution is 2.21. The highest BCUT2D eigenvalue weighted by atomic mass is 32.2. The quantitative estimate of drug-likeness (QED) is 0.850. The number of nitrogens with one attached hydrogen (secondary N) is 1. The Bertz CT molecular complexity index is 617. The highest BCUT2D eigenvalue weighted by Gasteiger charge is 2.21. The van der Waals surface area contributed by atoms with Crippen LogP contribution >= 0.6 is 11.3 Å². The number of hydrogen-bond donors (Lipinski definition) is 2. The molecule has 2 aromatic heterocycles. The first kappa shape index (κ1) is 14.3. The van der Waals surface area contributed by atoms with E-state index < -0.39 is 10.0 Å². The van der Waals surface area contributed by atoms with Crippen LogP contribution in [0.2, 0.25) is 0 Å². The molecule has 0 amide bonds. The first-order valence-electron chi connectivity index (χ1n) is 5.84. The van der Waals surface area contributed by atoms with E-state index in [1.807, 2.05) is 6.07 Å². The molecule has 19 heavy (non-hydrogen) atoms. The Labute approximate surface area is 116 Å². The third-order valence-corrected chi connectivity index (χ3v) is 5.37. The lowest BCUT2D eigenvalue weighted by atomic mass is 10.2.